The molecule has 0 spiro atoms. The van der Waals surface area contributed by atoms with Crippen molar-refractivity contribution < 1.29 is 0 Å². The van der Waals surface area contributed by atoms with Crippen molar-refractivity contribution >= 4 is 23.8 Å². The molecule has 1 aromatic heterocycles. The number of halogens is 1. The first-order valence-corrected chi connectivity index (χ1v) is 7.90. The summed E-state index contributed by atoms with van der Waals surface area (Å²) >= 11 is 11.5. The summed E-state index contributed by atoms with van der Waals surface area (Å²) in [6.07, 6.45) is 0. The largest absolute Gasteiger partial charge is 0.271 e. The standard InChI is InChI=1S/C17H16ClN3S/c1-12(13-7-3-2-4-8-13)11-21-16(19-17(22)20-21)14-9-5-6-10-15(14)18/h2-10,12H,11H2,1H3,(H,20,22). The van der Waals surface area contributed by atoms with Crippen LogP contribution in [-0.4, -0.2) is 14.8 Å². The summed E-state index contributed by atoms with van der Waals surface area (Å²) in [7, 11) is 0. The molecule has 2 aromatic carbocycles. The third-order valence-corrected chi connectivity index (χ3v) is 4.15. The van der Waals surface area contributed by atoms with E-state index in [1.54, 1.807) is 0 Å². The Balaban J connectivity index is 1.96. The molecule has 0 bridgehead atoms. The van der Waals surface area contributed by atoms with Gasteiger partial charge < -0.3 is 0 Å². The average molecular weight is 330 g/mol. The van der Waals surface area contributed by atoms with Crippen LogP contribution in [0.25, 0.3) is 11.4 Å². The predicted molar refractivity (Wildman–Crippen MR) is 92.7 cm³/mol. The fourth-order valence-electron chi connectivity index (χ4n) is 2.49. The summed E-state index contributed by atoms with van der Waals surface area (Å²) in [6.45, 7) is 2.94. The lowest BCUT2D eigenvalue weighted by Gasteiger charge is -2.14. The third-order valence-electron chi connectivity index (χ3n) is 3.63. The van der Waals surface area contributed by atoms with Crippen LogP contribution in [-0.2, 0) is 6.54 Å². The Morgan fingerprint density at radius 2 is 1.82 bits per heavy atom. The van der Waals surface area contributed by atoms with Crippen molar-refractivity contribution in [2.75, 3.05) is 0 Å². The summed E-state index contributed by atoms with van der Waals surface area (Å²) in [5.41, 5.74) is 2.16. The van der Waals surface area contributed by atoms with Crippen molar-refractivity contribution in [2.45, 2.75) is 19.4 Å². The van der Waals surface area contributed by atoms with Crippen molar-refractivity contribution in [3.05, 3.63) is 70.0 Å². The molecule has 22 heavy (non-hydrogen) atoms. The normalized spacial score (nSPS) is 12.3. The van der Waals surface area contributed by atoms with E-state index in [-0.39, 0.29) is 0 Å². The van der Waals surface area contributed by atoms with Crippen molar-refractivity contribution in [1.29, 1.82) is 0 Å². The number of rotatable bonds is 4. The van der Waals surface area contributed by atoms with Gasteiger partial charge in [0.2, 0.25) is 4.77 Å². The third kappa shape index (κ3) is 3.13. The molecule has 3 aromatic rings. The lowest BCUT2D eigenvalue weighted by molar-refractivity contribution is 0.546. The molecule has 0 aliphatic rings. The Labute approximate surface area is 139 Å². The van der Waals surface area contributed by atoms with E-state index in [9.17, 15) is 0 Å². The first-order chi connectivity index (χ1) is 10.6. The van der Waals surface area contributed by atoms with E-state index >= 15 is 0 Å². The molecule has 3 nitrogen and oxygen atoms in total. The summed E-state index contributed by atoms with van der Waals surface area (Å²) in [6, 6.07) is 18.1. The van der Waals surface area contributed by atoms with Gasteiger partial charge in [0.1, 0.15) is 0 Å². The molecule has 0 saturated heterocycles. The maximum absolute atomic E-state index is 6.29. The van der Waals surface area contributed by atoms with Crippen LogP contribution in [0.1, 0.15) is 18.4 Å². The molecule has 1 atom stereocenters. The highest BCUT2D eigenvalue weighted by Crippen LogP contribution is 2.27. The fraction of sp³-hybridized carbons (Fsp3) is 0.176. The molecular weight excluding hydrogens is 314 g/mol. The van der Waals surface area contributed by atoms with E-state index in [0.717, 1.165) is 17.9 Å². The van der Waals surface area contributed by atoms with Gasteiger partial charge in [-0.1, -0.05) is 61.0 Å². The minimum atomic E-state index is 0.335. The van der Waals surface area contributed by atoms with E-state index in [0.29, 0.717) is 15.7 Å². The van der Waals surface area contributed by atoms with Crippen molar-refractivity contribution in [2.24, 2.45) is 0 Å². The van der Waals surface area contributed by atoms with Gasteiger partial charge in [0.05, 0.1) is 5.02 Å². The van der Waals surface area contributed by atoms with Crippen LogP contribution in [0.2, 0.25) is 5.02 Å². The zero-order valence-electron chi connectivity index (χ0n) is 12.2. The van der Waals surface area contributed by atoms with Crippen LogP contribution in [0.3, 0.4) is 0 Å². The van der Waals surface area contributed by atoms with Crippen molar-refractivity contribution in [3.63, 3.8) is 0 Å². The van der Waals surface area contributed by atoms with E-state index in [1.165, 1.54) is 5.56 Å². The highest BCUT2D eigenvalue weighted by atomic mass is 35.5. The molecule has 112 valence electrons. The van der Waals surface area contributed by atoms with Crippen LogP contribution in [0.5, 0.6) is 0 Å². The van der Waals surface area contributed by atoms with Gasteiger partial charge in [0, 0.05) is 18.0 Å². The number of aromatic amines is 1. The molecule has 0 radical (unpaired) electrons. The number of H-pyrrole nitrogens is 1. The molecule has 0 amide bonds. The predicted octanol–water partition coefficient (Wildman–Crippen LogP) is 5.06. The van der Waals surface area contributed by atoms with Gasteiger partial charge in [0.15, 0.2) is 5.82 Å². The zero-order valence-corrected chi connectivity index (χ0v) is 13.7. The molecule has 1 N–H and O–H groups in total. The zero-order chi connectivity index (χ0) is 15.5. The first kappa shape index (κ1) is 15.0. The number of nitrogens with zero attached hydrogens (tertiary/aromatic N) is 2. The lowest BCUT2D eigenvalue weighted by atomic mass is 10.0. The Kier molecular flexibility index (Phi) is 4.41. The molecule has 1 heterocycles. The molecule has 0 fully saturated rings. The van der Waals surface area contributed by atoms with Crippen molar-refractivity contribution in [1.82, 2.24) is 14.8 Å². The second-order valence-electron chi connectivity index (χ2n) is 5.25. The fourth-order valence-corrected chi connectivity index (χ4v) is 2.91. The smallest absolute Gasteiger partial charge is 0.213 e. The maximum Gasteiger partial charge on any atom is 0.213 e. The van der Waals surface area contributed by atoms with Crippen molar-refractivity contribution in [3.8, 4) is 11.4 Å². The molecule has 0 saturated carbocycles. The van der Waals surface area contributed by atoms with Gasteiger partial charge in [-0.25, -0.2) is 0 Å². The van der Waals surface area contributed by atoms with Gasteiger partial charge in [0.25, 0.3) is 0 Å². The molecule has 0 aliphatic carbocycles. The minimum Gasteiger partial charge on any atom is -0.271 e. The number of nitrogens with one attached hydrogen (secondary N) is 1. The molecule has 0 aliphatic heterocycles. The molecular formula is C17H16ClN3S. The summed E-state index contributed by atoms with van der Waals surface area (Å²) < 4.78 is 2.44. The van der Waals surface area contributed by atoms with Gasteiger partial charge in [-0.3, -0.25) is 9.78 Å². The Bertz CT molecular complexity index is 823. The molecule has 1 unspecified atom stereocenters. The van der Waals surface area contributed by atoms with E-state index in [4.69, 9.17) is 23.8 Å². The molecule has 3 rings (SSSR count). The van der Waals surface area contributed by atoms with Crippen LogP contribution >= 0.6 is 23.8 Å². The van der Waals surface area contributed by atoms with Gasteiger partial charge in [-0.2, -0.15) is 4.98 Å². The van der Waals surface area contributed by atoms with E-state index in [2.05, 4.69) is 41.3 Å². The second-order valence-corrected chi connectivity index (χ2v) is 6.05. The van der Waals surface area contributed by atoms with E-state index < -0.39 is 0 Å². The maximum atomic E-state index is 6.29. The lowest BCUT2D eigenvalue weighted by Crippen LogP contribution is -2.09. The average Bonchev–Trinajstić information content (AvgIpc) is 2.89. The van der Waals surface area contributed by atoms with Gasteiger partial charge in [-0.05, 0) is 29.9 Å². The Morgan fingerprint density at radius 1 is 1.14 bits per heavy atom. The monoisotopic (exact) mass is 329 g/mol. The minimum absolute atomic E-state index is 0.335. The molecule has 5 heteroatoms. The Hall–Kier alpha value is -1.91. The quantitative estimate of drug-likeness (QED) is 0.678. The van der Waals surface area contributed by atoms with Gasteiger partial charge in [-0.15, -0.1) is 0 Å². The summed E-state index contributed by atoms with van der Waals surface area (Å²) in [5.74, 6) is 1.11. The number of hydrogen-bond acceptors (Lipinski definition) is 2. The number of hydrogen-bond donors (Lipinski definition) is 1. The first-order valence-electron chi connectivity index (χ1n) is 7.12. The van der Waals surface area contributed by atoms with Crippen LogP contribution in [0, 0.1) is 4.77 Å². The highest BCUT2D eigenvalue weighted by molar-refractivity contribution is 7.71. The second kappa shape index (κ2) is 6.46. The van der Waals surface area contributed by atoms with Crippen LogP contribution < -0.4 is 0 Å². The summed E-state index contributed by atoms with van der Waals surface area (Å²) in [4.78, 5) is 4.43. The van der Waals surface area contributed by atoms with Gasteiger partial charge >= 0.3 is 0 Å². The van der Waals surface area contributed by atoms with Crippen LogP contribution in [0.4, 0.5) is 0 Å². The topological polar surface area (TPSA) is 33.6 Å². The SMILES string of the molecule is CC(Cn1[nH]c(=S)nc1-c1ccccc1Cl)c1ccccc1. The number of aromatic nitrogens is 3. The summed E-state index contributed by atoms with van der Waals surface area (Å²) in [5, 5.41) is 3.80. The van der Waals surface area contributed by atoms with Crippen LogP contribution in [0.15, 0.2) is 54.6 Å². The number of benzene rings is 2. The highest BCUT2D eigenvalue weighted by Gasteiger charge is 2.14. The van der Waals surface area contributed by atoms with E-state index in [1.807, 2.05) is 35.0 Å². The Morgan fingerprint density at radius 3 is 2.55 bits per heavy atom.